The summed E-state index contributed by atoms with van der Waals surface area (Å²) in [6.07, 6.45) is 2.18. The van der Waals surface area contributed by atoms with Gasteiger partial charge in [0.25, 0.3) is 0 Å². The zero-order chi connectivity index (χ0) is 14.1. The smallest absolute Gasteiger partial charge is 0.338 e. The van der Waals surface area contributed by atoms with Gasteiger partial charge < -0.3 is 4.74 Å². The number of rotatable bonds is 8. The molecule has 0 bridgehead atoms. The minimum absolute atomic E-state index is 0. The number of benzene rings is 1. The van der Waals surface area contributed by atoms with Gasteiger partial charge in [-0.2, -0.15) is 0 Å². The molecule has 0 spiro atoms. The Hall–Kier alpha value is -1.13. The van der Waals surface area contributed by atoms with Gasteiger partial charge in [-0.3, -0.25) is 4.90 Å². The van der Waals surface area contributed by atoms with Crippen LogP contribution < -0.4 is 0 Å². The zero-order valence-corrected chi connectivity index (χ0v) is 12.9. The maximum Gasteiger partial charge on any atom is 0.338 e. The molecule has 0 atom stereocenters. The van der Waals surface area contributed by atoms with E-state index in [4.69, 9.17) is 4.74 Å². The molecule has 0 fully saturated rings. The summed E-state index contributed by atoms with van der Waals surface area (Å²) in [6.45, 7) is 7.41. The second-order valence-corrected chi connectivity index (χ2v) is 4.48. The van der Waals surface area contributed by atoms with E-state index in [0.29, 0.717) is 12.2 Å². The van der Waals surface area contributed by atoms with Crippen LogP contribution in [0.5, 0.6) is 0 Å². The molecule has 5 heteroatoms. The quantitative estimate of drug-likeness (QED) is 0.688. The van der Waals surface area contributed by atoms with Crippen LogP contribution in [-0.2, 0) is 4.74 Å². The molecule has 1 aromatic rings. The van der Waals surface area contributed by atoms with Crippen molar-refractivity contribution in [1.82, 2.24) is 4.90 Å². The van der Waals surface area contributed by atoms with E-state index in [1.807, 2.05) is 0 Å². The van der Waals surface area contributed by atoms with Gasteiger partial charge in [-0.25, -0.2) is 9.18 Å². The van der Waals surface area contributed by atoms with E-state index in [-0.39, 0.29) is 18.2 Å². The monoisotopic (exact) mass is 303 g/mol. The Bertz CT molecular complexity index is 378. The highest BCUT2D eigenvalue weighted by atomic mass is 35.5. The summed E-state index contributed by atoms with van der Waals surface area (Å²) in [5, 5.41) is 0. The van der Waals surface area contributed by atoms with Crippen LogP contribution in [-0.4, -0.2) is 37.1 Å². The average Bonchev–Trinajstić information content (AvgIpc) is 2.40. The van der Waals surface area contributed by atoms with Gasteiger partial charge in [0.15, 0.2) is 0 Å². The molecule has 3 nitrogen and oxygen atoms in total. The SMILES string of the molecule is CCCN(CCC)CCOC(=O)c1ccc(F)cc1.Cl. The highest BCUT2D eigenvalue weighted by Crippen LogP contribution is 2.04. The molecule has 0 aliphatic heterocycles. The van der Waals surface area contributed by atoms with E-state index < -0.39 is 5.97 Å². The van der Waals surface area contributed by atoms with Crippen molar-refractivity contribution in [3.63, 3.8) is 0 Å². The lowest BCUT2D eigenvalue weighted by Gasteiger charge is -2.20. The van der Waals surface area contributed by atoms with Crippen LogP contribution in [0, 0.1) is 5.82 Å². The summed E-state index contributed by atoms with van der Waals surface area (Å²) < 4.78 is 17.9. The van der Waals surface area contributed by atoms with Crippen LogP contribution >= 0.6 is 12.4 Å². The molecule has 0 aliphatic rings. The van der Waals surface area contributed by atoms with E-state index in [2.05, 4.69) is 18.7 Å². The van der Waals surface area contributed by atoms with Gasteiger partial charge in [-0.05, 0) is 50.2 Å². The molecule has 20 heavy (non-hydrogen) atoms. The molecule has 0 N–H and O–H groups in total. The van der Waals surface area contributed by atoms with Crippen LogP contribution in [0.1, 0.15) is 37.0 Å². The summed E-state index contributed by atoms with van der Waals surface area (Å²) >= 11 is 0. The van der Waals surface area contributed by atoms with Crippen LogP contribution in [0.25, 0.3) is 0 Å². The van der Waals surface area contributed by atoms with Crippen LogP contribution in [0.4, 0.5) is 4.39 Å². The van der Waals surface area contributed by atoms with Gasteiger partial charge in [-0.1, -0.05) is 13.8 Å². The van der Waals surface area contributed by atoms with Gasteiger partial charge in [-0.15, -0.1) is 12.4 Å². The molecular weight excluding hydrogens is 281 g/mol. The van der Waals surface area contributed by atoms with Gasteiger partial charge >= 0.3 is 5.97 Å². The molecule has 114 valence electrons. The van der Waals surface area contributed by atoms with Crippen molar-refractivity contribution >= 4 is 18.4 Å². The molecule has 0 unspecified atom stereocenters. The lowest BCUT2D eigenvalue weighted by atomic mass is 10.2. The zero-order valence-electron chi connectivity index (χ0n) is 12.1. The maximum atomic E-state index is 12.7. The van der Waals surface area contributed by atoms with Crippen molar-refractivity contribution in [2.75, 3.05) is 26.2 Å². The summed E-state index contributed by atoms with van der Waals surface area (Å²) in [7, 11) is 0. The van der Waals surface area contributed by atoms with Crippen molar-refractivity contribution in [3.05, 3.63) is 35.6 Å². The van der Waals surface area contributed by atoms with Crippen LogP contribution in [0.3, 0.4) is 0 Å². The largest absolute Gasteiger partial charge is 0.461 e. The normalized spacial score (nSPS) is 10.2. The fourth-order valence-corrected chi connectivity index (χ4v) is 1.90. The average molecular weight is 304 g/mol. The summed E-state index contributed by atoms with van der Waals surface area (Å²) in [5.41, 5.74) is 0.388. The molecule has 0 amide bonds. The summed E-state index contributed by atoms with van der Waals surface area (Å²) in [4.78, 5) is 14.0. The first-order valence-corrected chi connectivity index (χ1v) is 6.82. The molecule has 0 heterocycles. The molecule has 0 radical (unpaired) electrons. The van der Waals surface area contributed by atoms with Gasteiger partial charge in [0.05, 0.1) is 5.56 Å². The van der Waals surface area contributed by atoms with E-state index in [0.717, 1.165) is 32.5 Å². The lowest BCUT2D eigenvalue weighted by molar-refractivity contribution is 0.0462. The Morgan fingerprint density at radius 3 is 2.15 bits per heavy atom. The van der Waals surface area contributed by atoms with Crippen LogP contribution in [0.2, 0.25) is 0 Å². The third-order valence-corrected chi connectivity index (χ3v) is 2.80. The minimum atomic E-state index is -0.395. The molecule has 0 aliphatic carbocycles. The summed E-state index contributed by atoms with van der Waals surface area (Å²) in [6, 6.07) is 5.40. The van der Waals surface area contributed by atoms with Gasteiger partial charge in [0.1, 0.15) is 12.4 Å². The number of ether oxygens (including phenoxy) is 1. The standard InChI is InChI=1S/C15H22FNO2.ClH/c1-3-9-17(10-4-2)11-12-19-15(18)13-5-7-14(16)8-6-13;/h5-8H,3-4,9-12H2,1-2H3;1H. The number of hydrogen-bond acceptors (Lipinski definition) is 3. The molecule has 1 rings (SSSR count). The highest BCUT2D eigenvalue weighted by Gasteiger charge is 2.08. The second kappa shape index (κ2) is 10.6. The molecule has 0 saturated heterocycles. The van der Waals surface area contributed by atoms with Crippen molar-refractivity contribution < 1.29 is 13.9 Å². The highest BCUT2D eigenvalue weighted by molar-refractivity contribution is 5.89. The first-order valence-electron chi connectivity index (χ1n) is 6.82. The first kappa shape index (κ1) is 18.9. The van der Waals surface area contributed by atoms with Crippen molar-refractivity contribution in [2.24, 2.45) is 0 Å². The Labute approximate surface area is 126 Å². The van der Waals surface area contributed by atoms with E-state index in [9.17, 15) is 9.18 Å². The topological polar surface area (TPSA) is 29.5 Å². The van der Waals surface area contributed by atoms with Crippen molar-refractivity contribution in [1.29, 1.82) is 0 Å². The number of nitrogens with zero attached hydrogens (tertiary/aromatic N) is 1. The third-order valence-electron chi connectivity index (χ3n) is 2.80. The van der Waals surface area contributed by atoms with Crippen LogP contribution in [0.15, 0.2) is 24.3 Å². The first-order chi connectivity index (χ1) is 9.17. The molecule has 1 aromatic carbocycles. The van der Waals surface area contributed by atoms with Crippen molar-refractivity contribution in [3.8, 4) is 0 Å². The summed E-state index contributed by atoms with van der Waals surface area (Å²) in [5.74, 6) is -0.749. The predicted octanol–water partition coefficient (Wildman–Crippen LogP) is 3.53. The second-order valence-electron chi connectivity index (χ2n) is 4.48. The molecule has 0 saturated carbocycles. The molecular formula is C15H23ClFNO2. The lowest BCUT2D eigenvalue weighted by Crippen LogP contribution is -2.29. The van der Waals surface area contributed by atoms with Gasteiger partial charge in [0.2, 0.25) is 0 Å². The fraction of sp³-hybridized carbons (Fsp3) is 0.533. The van der Waals surface area contributed by atoms with E-state index >= 15 is 0 Å². The third kappa shape index (κ3) is 6.87. The number of halogens is 2. The van der Waals surface area contributed by atoms with E-state index in [1.54, 1.807) is 0 Å². The Morgan fingerprint density at radius 1 is 1.10 bits per heavy atom. The van der Waals surface area contributed by atoms with Crippen molar-refractivity contribution in [2.45, 2.75) is 26.7 Å². The fourth-order valence-electron chi connectivity index (χ4n) is 1.90. The number of hydrogen-bond donors (Lipinski definition) is 0. The Morgan fingerprint density at radius 2 is 1.65 bits per heavy atom. The van der Waals surface area contributed by atoms with E-state index in [1.165, 1.54) is 24.3 Å². The predicted molar refractivity (Wildman–Crippen MR) is 81.0 cm³/mol. The number of esters is 1. The Kier molecular flexibility index (Phi) is 10.0. The number of carbonyl (C=O) groups is 1. The number of carbonyl (C=O) groups excluding carboxylic acids is 1. The maximum absolute atomic E-state index is 12.7. The van der Waals surface area contributed by atoms with Gasteiger partial charge in [0, 0.05) is 6.54 Å². The Balaban J connectivity index is 0.00000361. The minimum Gasteiger partial charge on any atom is -0.461 e. The molecule has 0 aromatic heterocycles.